The number of nitrogens with zero attached hydrogens (tertiary/aromatic N) is 5. The average Bonchev–Trinajstić information content (AvgIpc) is 3.84. The highest BCUT2D eigenvalue weighted by Crippen LogP contribution is 2.41. The number of fused-ring (bicyclic) bond motifs is 1. The fourth-order valence-corrected chi connectivity index (χ4v) is 14.4. The van der Waals surface area contributed by atoms with Crippen molar-refractivity contribution in [3.05, 3.63) is 184 Å². The molecular formula is C48H49N5O6SSi. The van der Waals surface area contributed by atoms with Crippen LogP contribution in [-0.4, -0.2) is 50.3 Å². The fraction of sp³-hybridized carbons (Fsp3) is 0.250. The topological polar surface area (TPSA) is 144 Å². The van der Waals surface area contributed by atoms with Crippen molar-refractivity contribution in [2.24, 2.45) is 5.11 Å². The van der Waals surface area contributed by atoms with E-state index < -0.39 is 48.3 Å². The van der Waals surface area contributed by atoms with E-state index >= 15 is 0 Å². The standard InChI is InChI=1S/C48H49N5O6SSi/c1-33(2)29-40(45(50-51-49)46(54)53-43(32-58-47(53)55)35-17-10-7-11-18-35)41-30-52(60(56,57)37-27-25-34(3)26-28-37)42-24-16-19-36(44(41)42)31-59-61(48(4,5)6,38-20-12-8-13-21-38)39-22-14-9-15-23-39/h7-30,40,43,45H,31-32H2,1-6H3/t40-,43-,45+/m1/s1. The van der Waals surface area contributed by atoms with Crippen molar-refractivity contribution in [2.75, 3.05) is 6.61 Å². The Hall–Kier alpha value is -6.24. The molecule has 0 N–H and O–H groups in total. The minimum absolute atomic E-state index is 0.0717. The third-order valence-electron chi connectivity index (χ3n) is 11.3. The van der Waals surface area contributed by atoms with Crippen LogP contribution >= 0.6 is 0 Å². The Morgan fingerprint density at radius 1 is 0.902 bits per heavy atom. The lowest BCUT2D eigenvalue weighted by atomic mass is 9.87. The molecule has 1 saturated heterocycles. The molecule has 6 aromatic rings. The second-order valence-corrected chi connectivity index (χ2v) is 22.7. The van der Waals surface area contributed by atoms with Gasteiger partial charge in [0, 0.05) is 22.4 Å². The second-order valence-electron chi connectivity index (χ2n) is 16.6. The molecule has 7 rings (SSSR count). The molecule has 0 aliphatic carbocycles. The summed E-state index contributed by atoms with van der Waals surface area (Å²) < 4.78 is 43.6. The molecule has 0 radical (unpaired) electrons. The van der Waals surface area contributed by atoms with E-state index in [9.17, 15) is 23.5 Å². The van der Waals surface area contributed by atoms with Gasteiger partial charge in [-0.15, -0.1) is 0 Å². The van der Waals surface area contributed by atoms with Gasteiger partial charge in [-0.05, 0) is 76.6 Å². The Morgan fingerprint density at radius 2 is 1.49 bits per heavy atom. The molecule has 3 atom stereocenters. The number of aryl methyl sites for hydroxylation is 1. The first-order valence-corrected chi connectivity index (χ1v) is 23.5. The van der Waals surface area contributed by atoms with E-state index in [1.807, 2.05) is 69.3 Å². The minimum atomic E-state index is -4.23. The number of azide groups is 1. The molecule has 61 heavy (non-hydrogen) atoms. The Bertz CT molecular complexity index is 2700. The summed E-state index contributed by atoms with van der Waals surface area (Å²) in [6.07, 6.45) is 2.44. The van der Waals surface area contributed by atoms with Crippen LogP contribution in [0.15, 0.2) is 161 Å². The number of ether oxygens (including phenoxy) is 1. The zero-order valence-electron chi connectivity index (χ0n) is 35.1. The number of aromatic nitrogens is 1. The van der Waals surface area contributed by atoms with Crippen LogP contribution in [0.3, 0.4) is 0 Å². The van der Waals surface area contributed by atoms with Gasteiger partial charge in [0.2, 0.25) is 5.91 Å². The summed E-state index contributed by atoms with van der Waals surface area (Å²) in [5, 5.41) is 6.39. The molecule has 0 saturated carbocycles. The minimum Gasteiger partial charge on any atom is -0.446 e. The largest absolute Gasteiger partial charge is 0.446 e. The number of cyclic esters (lactones) is 1. The van der Waals surface area contributed by atoms with Crippen molar-refractivity contribution in [1.82, 2.24) is 8.87 Å². The number of carbonyl (C=O) groups is 2. The molecule has 0 unspecified atom stereocenters. The van der Waals surface area contributed by atoms with E-state index in [2.05, 4.69) is 55.1 Å². The molecule has 1 aliphatic rings. The average molecular weight is 852 g/mol. The first-order chi connectivity index (χ1) is 29.2. The molecule has 11 nitrogen and oxygen atoms in total. The molecule has 0 spiro atoms. The van der Waals surface area contributed by atoms with Crippen LogP contribution in [0.5, 0.6) is 0 Å². The lowest BCUT2D eigenvalue weighted by molar-refractivity contribution is -0.130. The van der Waals surface area contributed by atoms with E-state index in [-0.39, 0.29) is 23.1 Å². The van der Waals surface area contributed by atoms with Crippen molar-refractivity contribution < 1.29 is 27.2 Å². The van der Waals surface area contributed by atoms with E-state index in [0.29, 0.717) is 27.6 Å². The van der Waals surface area contributed by atoms with Gasteiger partial charge in [0.1, 0.15) is 18.7 Å². The lowest BCUT2D eigenvalue weighted by Crippen LogP contribution is -2.66. The monoisotopic (exact) mass is 851 g/mol. The van der Waals surface area contributed by atoms with Gasteiger partial charge >= 0.3 is 6.09 Å². The maximum Gasteiger partial charge on any atom is 0.417 e. The molecule has 5 aromatic carbocycles. The van der Waals surface area contributed by atoms with Gasteiger partial charge in [0.15, 0.2) is 0 Å². The maximum atomic E-state index is 14.9. The summed E-state index contributed by atoms with van der Waals surface area (Å²) in [4.78, 5) is 32.5. The predicted octanol–water partition coefficient (Wildman–Crippen LogP) is 9.71. The second kappa shape index (κ2) is 17.4. The highest BCUT2D eigenvalue weighted by atomic mass is 32.2. The first kappa shape index (κ1) is 42.9. The number of carbonyl (C=O) groups excluding carboxylic acids is 2. The van der Waals surface area contributed by atoms with E-state index in [0.717, 1.165) is 26.4 Å². The van der Waals surface area contributed by atoms with Crippen LogP contribution in [0.4, 0.5) is 4.79 Å². The summed E-state index contributed by atoms with van der Waals surface area (Å²) in [6, 6.07) is 39.2. The van der Waals surface area contributed by atoms with Crippen LogP contribution in [0, 0.1) is 6.92 Å². The van der Waals surface area contributed by atoms with Crippen molar-refractivity contribution in [2.45, 2.75) is 76.1 Å². The smallest absolute Gasteiger partial charge is 0.417 e. The van der Waals surface area contributed by atoms with E-state index in [4.69, 9.17) is 9.16 Å². The number of benzene rings is 5. The van der Waals surface area contributed by atoms with Crippen LogP contribution in [0.1, 0.15) is 68.8 Å². The predicted molar refractivity (Wildman–Crippen MR) is 241 cm³/mol. The molecule has 2 heterocycles. The van der Waals surface area contributed by atoms with Gasteiger partial charge in [0.05, 0.1) is 17.0 Å². The first-order valence-electron chi connectivity index (χ1n) is 20.1. The molecule has 2 amide bonds. The van der Waals surface area contributed by atoms with Crippen molar-refractivity contribution in [1.29, 1.82) is 0 Å². The number of allylic oxidation sites excluding steroid dienone is 1. The number of rotatable bonds is 13. The normalized spacial score (nSPS) is 15.5. The summed E-state index contributed by atoms with van der Waals surface area (Å²) in [6.45, 7) is 12.1. The molecular weight excluding hydrogens is 803 g/mol. The highest BCUT2D eigenvalue weighted by Gasteiger charge is 2.50. The van der Waals surface area contributed by atoms with Gasteiger partial charge in [0.25, 0.3) is 18.3 Å². The van der Waals surface area contributed by atoms with Crippen molar-refractivity contribution in [3.63, 3.8) is 0 Å². The molecule has 312 valence electrons. The fourth-order valence-electron chi connectivity index (χ4n) is 8.48. The van der Waals surface area contributed by atoms with Crippen LogP contribution in [-0.2, 0) is 30.6 Å². The Morgan fingerprint density at radius 3 is 2.05 bits per heavy atom. The Labute approximate surface area is 358 Å². The summed E-state index contributed by atoms with van der Waals surface area (Å²) in [5.41, 5.74) is 13.8. The van der Waals surface area contributed by atoms with Gasteiger partial charge in [-0.1, -0.05) is 158 Å². The van der Waals surface area contributed by atoms with Crippen LogP contribution in [0.2, 0.25) is 5.04 Å². The SMILES string of the molecule is CC(C)=C[C@H](c1cn(S(=O)(=O)c2ccc(C)cc2)c2cccc(CO[Si](c3ccccc3)(c3ccccc3)C(C)(C)C)c12)[C@H](N=[N+]=[N-])C(=O)N1C(=O)OC[C@@H]1c1ccccc1. The van der Waals surface area contributed by atoms with Gasteiger partial charge < -0.3 is 9.16 Å². The summed E-state index contributed by atoms with van der Waals surface area (Å²) in [5.74, 6) is -1.82. The van der Waals surface area contributed by atoms with Crippen LogP contribution < -0.4 is 10.4 Å². The van der Waals surface area contributed by atoms with E-state index in [1.165, 1.54) is 10.2 Å². The Balaban J connectivity index is 1.46. The zero-order valence-corrected chi connectivity index (χ0v) is 36.9. The Kier molecular flexibility index (Phi) is 12.2. The lowest BCUT2D eigenvalue weighted by Gasteiger charge is -2.43. The number of hydrogen-bond acceptors (Lipinski definition) is 7. The van der Waals surface area contributed by atoms with Gasteiger partial charge in [-0.25, -0.2) is 22.1 Å². The molecule has 1 fully saturated rings. The van der Waals surface area contributed by atoms with E-state index in [1.54, 1.807) is 66.7 Å². The number of amides is 2. The number of hydrogen-bond donors (Lipinski definition) is 0. The number of imide groups is 1. The molecule has 0 bridgehead atoms. The third-order valence-corrected chi connectivity index (χ3v) is 18.0. The maximum absolute atomic E-state index is 14.9. The van der Waals surface area contributed by atoms with Gasteiger partial charge in [-0.2, -0.15) is 0 Å². The summed E-state index contributed by atoms with van der Waals surface area (Å²) >= 11 is 0. The molecule has 13 heteroatoms. The molecule has 1 aromatic heterocycles. The highest BCUT2D eigenvalue weighted by molar-refractivity contribution is 7.90. The van der Waals surface area contributed by atoms with Gasteiger partial charge in [-0.3, -0.25) is 4.79 Å². The summed E-state index contributed by atoms with van der Waals surface area (Å²) in [7, 11) is -7.34. The van der Waals surface area contributed by atoms with Crippen molar-refractivity contribution >= 4 is 51.6 Å². The zero-order chi connectivity index (χ0) is 43.5. The molecule has 1 aliphatic heterocycles. The quantitative estimate of drug-likeness (QED) is 0.0372. The third kappa shape index (κ3) is 8.17. The van der Waals surface area contributed by atoms with Crippen LogP contribution in [0.25, 0.3) is 21.3 Å². The van der Waals surface area contributed by atoms with Crippen molar-refractivity contribution in [3.8, 4) is 0 Å².